The van der Waals surface area contributed by atoms with Gasteiger partial charge in [-0.15, -0.1) is 0 Å². The quantitative estimate of drug-likeness (QED) is 0.651. The van der Waals surface area contributed by atoms with Gasteiger partial charge >= 0.3 is 0 Å². The van der Waals surface area contributed by atoms with Crippen molar-refractivity contribution >= 4 is 5.91 Å². The SMILES string of the molecule is COCCCNC(=O)C1CNCC(C)C1. The minimum Gasteiger partial charge on any atom is -0.385 e. The highest BCUT2D eigenvalue weighted by Crippen LogP contribution is 2.15. The number of hydrogen-bond acceptors (Lipinski definition) is 3. The minimum absolute atomic E-state index is 0.149. The molecule has 1 aliphatic heterocycles. The molecule has 0 aromatic carbocycles. The van der Waals surface area contributed by atoms with Crippen molar-refractivity contribution in [1.82, 2.24) is 10.6 Å². The second kappa shape index (κ2) is 6.80. The summed E-state index contributed by atoms with van der Waals surface area (Å²) in [6, 6.07) is 0. The summed E-state index contributed by atoms with van der Waals surface area (Å²) in [6.07, 6.45) is 1.89. The molecule has 0 saturated carbocycles. The molecule has 4 nitrogen and oxygen atoms in total. The number of rotatable bonds is 5. The van der Waals surface area contributed by atoms with E-state index in [1.54, 1.807) is 7.11 Å². The highest BCUT2D eigenvalue weighted by molar-refractivity contribution is 5.78. The molecule has 0 aliphatic carbocycles. The Morgan fingerprint density at radius 2 is 2.33 bits per heavy atom. The Kier molecular flexibility index (Phi) is 5.65. The summed E-state index contributed by atoms with van der Waals surface area (Å²) in [5.41, 5.74) is 0. The molecule has 2 N–H and O–H groups in total. The predicted molar refractivity (Wildman–Crippen MR) is 59.6 cm³/mol. The second-order valence-corrected chi connectivity index (χ2v) is 4.33. The van der Waals surface area contributed by atoms with Gasteiger partial charge in [0.1, 0.15) is 0 Å². The number of hydrogen-bond donors (Lipinski definition) is 2. The third kappa shape index (κ3) is 4.62. The van der Waals surface area contributed by atoms with Crippen LogP contribution in [0.15, 0.2) is 0 Å². The number of methoxy groups -OCH3 is 1. The van der Waals surface area contributed by atoms with Gasteiger partial charge in [0.2, 0.25) is 5.91 Å². The summed E-state index contributed by atoms with van der Waals surface area (Å²) in [5, 5.41) is 6.23. The third-order valence-corrected chi connectivity index (χ3v) is 2.77. The van der Waals surface area contributed by atoms with Crippen LogP contribution in [0.3, 0.4) is 0 Å². The van der Waals surface area contributed by atoms with E-state index in [1.807, 2.05) is 0 Å². The lowest BCUT2D eigenvalue weighted by Gasteiger charge is -2.26. The number of nitrogens with one attached hydrogen (secondary N) is 2. The topological polar surface area (TPSA) is 50.4 Å². The average molecular weight is 214 g/mol. The maximum absolute atomic E-state index is 11.7. The molecule has 0 radical (unpaired) electrons. The summed E-state index contributed by atoms with van der Waals surface area (Å²) in [7, 11) is 1.68. The number of carbonyl (C=O) groups excluding carboxylic acids is 1. The fourth-order valence-electron chi connectivity index (χ4n) is 1.93. The molecule has 1 aliphatic rings. The van der Waals surface area contributed by atoms with Crippen molar-refractivity contribution < 1.29 is 9.53 Å². The van der Waals surface area contributed by atoms with Crippen LogP contribution in [-0.2, 0) is 9.53 Å². The zero-order valence-electron chi connectivity index (χ0n) is 9.71. The molecule has 4 heteroatoms. The molecule has 1 amide bonds. The Hall–Kier alpha value is -0.610. The van der Waals surface area contributed by atoms with Crippen LogP contribution in [0.5, 0.6) is 0 Å². The van der Waals surface area contributed by atoms with Gasteiger partial charge in [0.05, 0.1) is 5.92 Å². The normalized spacial score (nSPS) is 26.3. The Morgan fingerprint density at radius 3 is 3.00 bits per heavy atom. The lowest BCUT2D eigenvalue weighted by Crippen LogP contribution is -2.43. The lowest BCUT2D eigenvalue weighted by molar-refractivity contribution is -0.125. The van der Waals surface area contributed by atoms with E-state index in [1.165, 1.54) is 0 Å². The van der Waals surface area contributed by atoms with Crippen LogP contribution >= 0.6 is 0 Å². The fourth-order valence-corrected chi connectivity index (χ4v) is 1.93. The molecule has 0 aromatic rings. The van der Waals surface area contributed by atoms with E-state index < -0.39 is 0 Å². The van der Waals surface area contributed by atoms with E-state index in [0.29, 0.717) is 12.5 Å². The van der Waals surface area contributed by atoms with Gasteiger partial charge in [-0.05, 0) is 25.3 Å². The van der Waals surface area contributed by atoms with Crippen molar-refractivity contribution in [2.75, 3.05) is 33.4 Å². The van der Waals surface area contributed by atoms with E-state index in [2.05, 4.69) is 17.6 Å². The van der Waals surface area contributed by atoms with Crippen LogP contribution in [0.25, 0.3) is 0 Å². The van der Waals surface area contributed by atoms with Gasteiger partial charge in [0, 0.05) is 26.8 Å². The molecule has 88 valence electrons. The summed E-state index contributed by atoms with van der Waals surface area (Å²) in [4.78, 5) is 11.7. The Bertz CT molecular complexity index is 197. The summed E-state index contributed by atoms with van der Waals surface area (Å²) >= 11 is 0. The molecule has 1 fully saturated rings. The standard InChI is InChI=1S/C11H22N2O2/c1-9-6-10(8-12-7-9)11(14)13-4-3-5-15-2/h9-10,12H,3-8H2,1-2H3,(H,13,14). The first kappa shape index (κ1) is 12.5. The zero-order valence-corrected chi connectivity index (χ0v) is 9.71. The first-order valence-electron chi connectivity index (χ1n) is 5.71. The molecule has 0 bridgehead atoms. The molecule has 0 aromatic heterocycles. The first-order valence-corrected chi connectivity index (χ1v) is 5.71. The van der Waals surface area contributed by atoms with Crippen molar-refractivity contribution in [2.45, 2.75) is 19.8 Å². The van der Waals surface area contributed by atoms with E-state index in [4.69, 9.17) is 4.74 Å². The van der Waals surface area contributed by atoms with E-state index in [0.717, 1.165) is 32.5 Å². The van der Waals surface area contributed by atoms with Gasteiger partial charge in [-0.25, -0.2) is 0 Å². The maximum atomic E-state index is 11.7. The van der Waals surface area contributed by atoms with Gasteiger partial charge in [-0.3, -0.25) is 4.79 Å². The predicted octanol–water partition coefficient (Wildman–Crippen LogP) is 0.385. The molecule has 2 unspecified atom stereocenters. The summed E-state index contributed by atoms with van der Waals surface area (Å²) < 4.78 is 4.92. The molecule has 0 spiro atoms. The van der Waals surface area contributed by atoms with Crippen LogP contribution in [-0.4, -0.2) is 39.3 Å². The average Bonchev–Trinajstić information content (AvgIpc) is 2.24. The second-order valence-electron chi connectivity index (χ2n) is 4.33. The molecule has 1 rings (SSSR count). The highest BCUT2D eigenvalue weighted by atomic mass is 16.5. The first-order chi connectivity index (χ1) is 7.24. The molecule has 2 atom stereocenters. The zero-order chi connectivity index (χ0) is 11.1. The van der Waals surface area contributed by atoms with Crippen molar-refractivity contribution in [1.29, 1.82) is 0 Å². The molecule has 1 heterocycles. The minimum atomic E-state index is 0.149. The number of carbonyl (C=O) groups is 1. The van der Waals surface area contributed by atoms with Gasteiger partial charge < -0.3 is 15.4 Å². The van der Waals surface area contributed by atoms with Gasteiger partial charge in [-0.1, -0.05) is 6.92 Å². The third-order valence-electron chi connectivity index (χ3n) is 2.77. The van der Waals surface area contributed by atoms with Crippen LogP contribution in [0.4, 0.5) is 0 Å². The van der Waals surface area contributed by atoms with E-state index in [-0.39, 0.29) is 11.8 Å². The molecular weight excluding hydrogens is 192 g/mol. The Labute approximate surface area is 91.8 Å². The summed E-state index contributed by atoms with van der Waals surface area (Å²) in [5.74, 6) is 0.940. The lowest BCUT2D eigenvalue weighted by atomic mass is 9.91. The van der Waals surface area contributed by atoms with Crippen molar-refractivity contribution in [3.8, 4) is 0 Å². The van der Waals surface area contributed by atoms with Crippen LogP contribution in [0.2, 0.25) is 0 Å². The summed E-state index contributed by atoms with van der Waals surface area (Å²) in [6.45, 7) is 5.46. The smallest absolute Gasteiger partial charge is 0.224 e. The highest BCUT2D eigenvalue weighted by Gasteiger charge is 2.24. The van der Waals surface area contributed by atoms with Gasteiger partial charge in [0.15, 0.2) is 0 Å². The number of piperidine rings is 1. The van der Waals surface area contributed by atoms with Crippen molar-refractivity contribution in [3.05, 3.63) is 0 Å². The number of ether oxygens (including phenoxy) is 1. The molecule has 1 saturated heterocycles. The van der Waals surface area contributed by atoms with E-state index in [9.17, 15) is 4.79 Å². The van der Waals surface area contributed by atoms with Crippen molar-refractivity contribution in [3.63, 3.8) is 0 Å². The van der Waals surface area contributed by atoms with Crippen LogP contribution in [0.1, 0.15) is 19.8 Å². The maximum Gasteiger partial charge on any atom is 0.224 e. The molecule has 15 heavy (non-hydrogen) atoms. The van der Waals surface area contributed by atoms with Crippen LogP contribution in [0, 0.1) is 11.8 Å². The largest absolute Gasteiger partial charge is 0.385 e. The molecular formula is C11H22N2O2. The van der Waals surface area contributed by atoms with Gasteiger partial charge in [0.25, 0.3) is 0 Å². The Morgan fingerprint density at radius 1 is 1.53 bits per heavy atom. The van der Waals surface area contributed by atoms with Crippen LogP contribution < -0.4 is 10.6 Å². The fraction of sp³-hybridized carbons (Fsp3) is 0.909. The Balaban J connectivity index is 2.15. The van der Waals surface area contributed by atoms with Crippen molar-refractivity contribution in [2.24, 2.45) is 11.8 Å². The number of amides is 1. The monoisotopic (exact) mass is 214 g/mol. The van der Waals surface area contributed by atoms with Gasteiger partial charge in [-0.2, -0.15) is 0 Å². The van der Waals surface area contributed by atoms with E-state index >= 15 is 0 Å².